The van der Waals surface area contributed by atoms with E-state index in [-0.39, 0.29) is 0 Å². The Bertz CT molecular complexity index is 311. The smallest absolute Gasteiger partial charge is 0.123 e. The Morgan fingerprint density at radius 2 is 1.75 bits per heavy atom. The lowest BCUT2D eigenvalue weighted by Gasteiger charge is -2.18. The molecule has 1 heteroatoms. The third-order valence-corrected chi connectivity index (χ3v) is 3.33. The number of hydrogen-bond acceptors (Lipinski definition) is 1. The molecule has 16 heavy (non-hydrogen) atoms. The Balaban J connectivity index is 2.01. The van der Waals surface area contributed by atoms with Crippen molar-refractivity contribution in [1.82, 2.24) is 0 Å². The van der Waals surface area contributed by atoms with Crippen molar-refractivity contribution in [3.05, 3.63) is 36.2 Å². The van der Waals surface area contributed by atoms with E-state index in [0.717, 1.165) is 5.75 Å². The van der Waals surface area contributed by atoms with Gasteiger partial charge in [0.05, 0.1) is 6.10 Å². The highest BCUT2D eigenvalue weighted by molar-refractivity contribution is 5.38. The van der Waals surface area contributed by atoms with E-state index in [9.17, 15) is 0 Å². The van der Waals surface area contributed by atoms with Gasteiger partial charge in [-0.3, -0.25) is 0 Å². The second-order valence-corrected chi connectivity index (χ2v) is 4.56. The van der Waals surface area contributed by atoms with Gasteiger partial charge < -0.3 is 4.74 Å². The summed E-state index contributed by atoms with van der Waals surface area (Å²) in [4.78, 5) is 0. The summed E-state index contributed by atoms with van der Waals surface area (Å²) in [7, 11) is 0. The maximum Gasteiger partial charge on any atom is 0.123 e. The molecule has 0 saturated heterocycles. The van der Waals surface area contributed by atoms with E-state index in [1.807, 2.05) is 0 Å². The molecule has 0 bridgehead atoms. The van der Waals surface area contributed by atoms with E-state index in [1.54, 1.807) is 0 Å². The summed E-state index contributed by atoms with van der Waals surface area (Å²) in [6.07, 6.45) is 10.4. The number of hydrogen-bond donors (Lipinski definition) is 0. The average molecular weight is 217 g/mol. The summed E-state index contributed by atoms with van der Waals surface area (Å²) < 4.78 is 6.13. The number of rotatable bonds is 3. The average Bonchev–Trinajstić information content (AvgIpc) is 2.58. The summed E-state index contributed by atoms with van der Waals surface area (Å²) >= 11 is 0. The second-order valence-electron chi connectivity index (χ2n) is 4.56. The number of ether oxygens (including phenoxy) is 1. The molecular formula is C15H21O. The molecule has 1 fully saturated rings. The molecule has 1 saturated carbocycles. The normalized spacial score (nSPS) is 18.1. The Labute approximate surface area is 98.8 Å². The molecule has 0 atom stereocenters. The predicted molar refractivity (Wildman–Crippen MR) is 67.6 cm³/mol. The summed E-state index contributed by atoms with van der Waals surface area (Å²) in [5.74, 6) is 1.05. The van der Waals surface area contributed by atoms with Crippen molar-refractivity contribution in [2.45, 2.75) is 51.6 Å². The first-order valence-corrected chi connectivity index (χ1v) is 6.45. The fraction of sp³-hybridized carbons (Fsp3) is 0.533. The molecule has 1 aliphatic rings. The van der Waals surface area contributed by atoms with Crippen molar-refractivity contribution in [2.75, 3.05) is 0 Å². The maximum atomic E-state index is 6.13. The van der Waals surface area contributed by atoms with Crippen molar-refractivity contribution < 1.29 is 4.74 Å². The first-order chi connectivity index (χ1) is 7.90. The highest BCUT2D eigenvalue weighted by Gasteiger charge is 2.14. The van der Waals surface area contributed by atoms with Crippen LogP contribution in [-0.2, 0) is 0 Å². The van der Waals surface area contributed by atoms with Gasteiger partial charge in [-0.2, -0.15) is 0 Å². The van der Waals surface area contributed by atoms with Gasteiger partial charge in [0, 0.05) is 0 Å². The quantitative estimate of drug-likeness (QED) is 0.683. The summed E-state index contributed by atoms with van der Waals surface area (Å²) in [6.45, 7) is 2.06. The Morgan fingerprint density at radius 3 is 2.44 bits per heavy atom. The van der Waals surface area contributed by atoms with Gasteiger partial charge in [-0.1, -0.05) is 38.0 Å². The summed E-state index contributed by atoms with van der Waals surface area (Å²) in [5.41, 5.74) is 1.21. The molecule has 0 heterocycles. The lowest BCUT2D eigenvalue weighted by atomic mass is 10.1. The summed E-state index contributed by atoms with van der Waals surface area (Å²) in [6, 6.07) is 8.32. The van der Waals surface area contributed by atoms with Gasteiger partial charge in [-0.05, 0) is 43.7 Å². The minimum atomic E-state index is 0.434. The molecule has 2 rings (SSSR count). The molecule has 0 amide bonds. The minimum absolute atomic E-state index is 0.434. The lowest BCUT2D eigenvalue weighted by Crippen LogP contribution is -2.15. The number of benzene rings is 1. The molecule has 1 aromatic carbocycles. The van der Waals surface area contributed by atoms with Gasteiger partial charge >= 0.3 is 0 Å². The van der Waals surface area contributed by atoms with Crippen LogP contribution in [0.15, 0.2) is 24.3 Å². The van der Waals surface area contributed by atoms with E-state index >= 15 is 0 Å². The monoisotopic (exact) mass is 217 g/mol. The van der Waals surface area contributed by atoms with Gasteiger partial charge in [0.15, 0.2) is 0 Å². The maximum absolute atomic E-state index is 6.13. The van der Waals surface area contributed by atoms with Gasteiger partial charge in [0.2, 0.25) is 0 Å². The third kappa shape index (κ3) is 3.01. The zero-order valence-corrected chi connectivity index (χ0v) is 10.1. The van der Waals surface area contributed by atoms with E-state index in [0.29, 0.717) is 6.10 Å². The molecule has 87 valence electrons. The third-order valence-electron chi connectivity index (χ3n) is 3.33. The topological polar surface area (TPSA) is 9.23 Å². The Morgan fingerprint density at radius 1 is 1.06 bits per heavy atom. The minimum Gasteiger partial charge on any atom is -0.490 e. The zero-order chi connectivity index (χ0) is 11.2. The van der Waals surface area contributed by atoms with Gasteiger partial charge in [0.1, 0.15) is 5.75 Å². The SMILES string of the molecule is C[CH]c1ccccc1OC1CCCCCC1. The van der Waals surface area contributed by atoms with E-state index < -0.39 is 0 Å². The van der Waals surface area contributed by atoms with Crippen molar-refractivity contribution in [3.63, 3.8) is 0 Å². The lowest BCUT2D eigenvalue weighted by molar-refractivity contribution is 0.183. The first kappa shape index (κ1) is 11.5. The molecular weight excluding hydrogens is 196 g/mol. The van der Waals surface area contributed by atoms with Crippen LogP contribution in [0, 0.1) is 6.42 Å². The highest BCUT2D eigenvalue weighted by atomic mass is 16.5. The molecule has 0 aliphatic heterocycles. The fourth-order valence-electron chi connectivity index (χ4n) is 2.37. The fourth-order valence-corrected chi connectivity index (χ4v) is 2.37. The van der Waals surface area contributed by atoms with Crippen LogP contribution in [0.1, 0.15) is 51.0 Å². The molecule has 1 aromatic rings. The highest BCUT2D eigenvalue weighted by Crippen LogP contribution is 2.26. The van der Waals surface area contributed by atoms with Crippen LogP contribution in [0.2, 0.25) is 0 Å². The van der Waals surface area contributed by atoms with Crippen LogP contribution in [0.3, 0.4) is 0 Å². The Hall–Kier alpha value is -0.980. The molecule has 1 aliphatic carbocycles. The van der Waals surface area contributed by atoms with Crippen LogP contribution < -0.4 is 4.74 Å². The van der Waals surface area contributed by atoms with Gasteiger partial charge in [-0.25, -0.2) is 0 Å². The second kappa shape index (κ2) is 5.93. The largest absolute Gasteiger partial charge is 0.490 e. The van der Waals surface area contributed by atoms with Crippen LogP contribution in [0.4, 0.5) is 0 Å². The molecule has 0 unspecified atom stereocenters. The molecule has 0 spiro atoms. The van der Waals surface area contributed by atoms with Crippen LogP contribution >= 0.6 is 0 Å². The van der Waals surface area contributed by atoms with Crippen molar-refractivity contribution in [1.29, 1.82) is 0 Å². The molecule has 0 aromatic heterocycles. The van der Waals surface area contributed by atoms with Crippen LogP contribution in [0.25, 0.3) is 0 Å². The molecule has 0 N–H and O–H groups in total. The van der Waals surface area contributed by atoms with Gasteiger partial charge in [0.25, 0.3) is 0 Å². The molecule has 1 radical (unpaired) electrons. The molecule has 1 nitrogen and oxygen atoms in total. The number of para-hydroxylation sites is 1. The zero-order valence-electron chi connectivity index (χ0n) is 10.1. The standard InChI is InChI=1S/C15H21O/c1-2-13-9-7-8-12-15(13)16-14-10-5-3-4-6-11-14/h2,7-9,12,14H,3-6,10-11H2,1H3. The van der Waals surface area contributed by atoms with Crippen molar-refractivity contribution in [2.24, 2.45) is 0 Å². The van der Waals surface area contributed by atoms with Crippen LogP contribution in [-0.4, -0.2) is 6.10 Å². The van der Waals surface area contributed by atoms with E-state index in [2.05, 4.69) is 37.6 Å². The van der Waals surface area contributed by atoms with E-state index in [4.69, 9.17) is 4.74 Å². The van der Waals surface area contributed by atoms with Gasteiger partial charge in [-0.15, -0.1) is 0 Å². The van der Waals surface area contributed by atoms with E-state index in [1.165, 1.54) is 44.1 Å². The first-order valence-electron chi connectivity index (χ1n) is 6.45. The van der Waals surface area contributed by atoms with Crippen molar-refractivity contribution >= 4 is 0 Å². The predicted octanol–water partition coefficient (Wildman–Crippen LogP) is 4.36. The Kier molecular flexibility index (Phi) is 4.26. The van der Waals surface area contributed by atoms with Crippen molar-refractivity contribution in [3.8, 4) is 5.75 Å². The van der Waals surface area contributed by atoms with Crippen LogP contribution in [0.5, 0.6) is 5.75 Å². The summed E-state index contributed by atoms with van der Waals surface area (Å²) in [5, 5.41) is 0.